The summed E-state index contributed by atoms with van der Waals surface area (Å²) < 4.78 is 38.9. The van der Waals surface area contributed by atoms with Crippen molar-refractivity contribution in [3.05, 3.63) is 65.5 Å². The molecular weight excluding hydrogens is 355 g/mol. The standard InChI is InChI=1S/C19H23FN2O3S/c1-15-3-10-18(11-4-15)26(24,25)22(2)14-13-21-19(23)12-7-16-5-8-17(20)9-6-16/h3-6,8-11H,7,12-14H2,1-2H3,(H,21,23). The summed E-state index contributed by atoms with van der Waals surface area (Å²) in [6.45, 7) is 2.30. The minimum absolute atomic E-state index is 0.171. The highest BCUT2D eigenvalue weighted by Crippen LogP contribution is 2.14. The van der Waals surface area contributed by atoms with Crippen molar-refractivity contribution in [2.45, 2.75) is 24.7 Å². The second kappa shape index (κ2) is 8.91. The molecule has 0 spiro atoms. The third-order valence-electron chi connectivity index (χ3n) is 4.03. The van der Waals surface area contributed by atoms with Crippen molar-refractivity contribution in [2.24, 2.45) is 0 Å². The van der Waals surface area contributed by atoms with Gasteiger partial charge in [-0.25, -0.2) is 12.8 Å². The minimum Gasteiger partial charge on any atom is -0.355 e. The van der Waals surface area contributed by atoms with E-state index in [1.165, 1.54) is 23.5 Å². The zero-order chi connectivity index (χ0) is 19.2. The van der Waals surface area contributed by atoms with Crippen LogP contribution in [0.25, 0.3) is 0 Å². The molecule has 2 rings (SSSR count). The Morgan fingerprint density at radius 1 is 1.08 bits per heavy atom. The molecular formula is C19H23FN2O3S. The molecule has 7 heteroatoms. The summed E-state index contributed by atoms with van der Waals surface area (Å²) in [5, 5.41) is 2.71. The van der Waals surface area contributed by atoms with Crippen molar-refractivity contribution < 1.29 is 17.6 Å². The van der Waals surface area contributed by atoms with Crippen LogP contribution in [0.1, 0.15) is 17.5 Å². The zero-order valence-electron chi connectivity index (χ0n) is 14.9. The van der Waals surface area contributed by atoms with Crippen LogP contribution in [-0.4, -0.2) is 38.8 Å². The van der Waals surface area contributed by atoms with E-state index in [2.05, 4.69) is 5.32 Å². The van der Waals surface area contributed by atoms with Gasteiger partial charge in [0.25, 0.3) is 0 Å². The van der Waals surface area contributed by atoms with Crippen LogP contribution in [-0.2, 0) is 21.2 Å². The van der Waals surface area contributed by atoms with E-state index >= 15 is 0 Å². The van der Waals surface area contributed by atoms with E-state index in [1.807, 2.05) is 6.92 Å². The maximum Gasteiger partial charge on any atom is 0.242 e. The van der Waals surface area contributed by atoms with Gasteiger partial charge in [-0.05, 0) is 43.2 Å². The van der Waals surface area contributed by atoms with Gasteiger partial charge in [-0.3, -0.25) is 4.79 Å². The van der Waals surface area contributed by atoms with Crippen LogP contribution < -0.4 is 5.32 Å². The predicted molar refractivity (Wildman–Crippen MR) is 98.7 cm³/mol. The molecule has 0 bridgehead atoms. The van der Waals surface area contributed by atoms with Crippen LogP contribution >= 0.6 is 0 Å². The van der Waals surface area contributed by atoms with Gasteiger partial charge in [-0.1, -0.05) is 29.8 Å². The monoisotopic (exact) mass is 378 g/mol. The Hall–Kier alpha value is -2.25. The average molecular weight is 378 g/mol. The molecule has 140 valence electrons. The van der Waals surface area contributed by atoms with E-state index in [9.17, 15) is 17.6 Å². The highest BCUT2D eigenvalue weighted by molar-refractivity contribution is 7.89. The molecule has 0 aliphatic rings. The fourth-order valence-corrected chi connectivity index (χ4v) is 3.53. The Bertz CT molecular complexity index is 834. The summed E-state index contributed by atoms with van der Waals surface area (Å²) >= 11 is 0. The molecule has 0 saturated heterocycles. The van der Waals surface area contributed by atoms with Gasteiger partial charge in [0.05, 0.1) is 4.90 Å². The SMILES string of the molecule is Cc1ccc(S(=O)(=O)N(C)CCNC(=O)CCc2ccc(F)cc2)cc1. The number of nitrogens with zero attached hydrogens (tertiary/aromatic N) is 1. The van der Waals surface area contributed by atoms with Gasteiger partial charge in [0, 0.05) is 26.6 Å². The number of nitrogens with one attached hydrogen (secondary N) is 1. The number of aryl methyl sites for hydroxylation is 2. The van der Waals surface area contributed by atoms with E-state index in [0.717, 1.165) is 11.1 Å². The first-order valence-corrected chi connectivity index (χ1v) is 9.77. The van der Waals surface area contributed by atoms with Crippen molar-refractivity contribution in [3.63, 3.8) is 0 Å². The quantitative estimate of drug-likeness (QED) is 0.768. The van der Waals surface area contributed by atoms with Crippen LogP contribution in [0.2, 0.25) is 0 Å². The van der Waals surface area contributed by atoms with Crippen LogP contribution in [0, 0.1) is 12.7 Å². The first-order valence-electron chi connectivity index (χ1n) is 8.33. The third-order valence-corrected chi connectivity index (χ3v) is 5.90. The number of halogens is 1. The lowest BCUT2D eigenvalue weighted by molar-refractivity contribution is -0.121. The normalized spacial score (nSPS) is 11.5. The molecule has 0 saturated carbocycles. The first kappa shape index (κ1) is 20.1. The summed E-state index contributed by atoms with van der Waals surface area (Å²) in [6.07, 6.45) is 0.768. The van der Waals surface area contributed by atoms with Gasteiger partial charge in [-0.15, -0.1) is 0 Å². The van der Waals surface area contributed by atoms with Gasteiger partial charge in [0.1, 0.15) is 5.82 Å². The molecule has 2 aromatic rings. The summed E-state index contributed by atoms with van der Waals surface area (Å²) in [5.41, 5.74) is 1.86. The lowest BCUT2D eigenvalue weighted by Gasteiger charge is -2.17. The molecule has 0 aromatic heterocycles. The molecule has 0 aliphatic heterocycles. The highest BCUT2D eigenvalue weighted by Gasteiger charge is 2.20. The summed E-state index contributed by atoms with van der Waals surface area (Å²) in [4.78, 5) is 12.1. The number of likely N-dealkylation sites (N-methyl/N-ethyl adjacent to an activating group) is 1. The van der Waals surface area contributed by atoms with Crippen molar-refractivity contribution >= 4 is 15.9 Å². The molecule has 2 aromatic carbocycles. The molecule has 0 aliphatic carbocycles. The summed E-state index contributed by atoms with van der Waals surface area (Å²) in [7, 11) is -2.08. The van der Waals surface area contributed by atoms with Crippen LogP contribution in [0.4, 0.5) is 4.39 Å². The van der Waals surface area contributed by atoms with E-state index in [1.54, 1.807) is 36.4 Å². The lowest BCUT2D eigenvalue weighted by atomic mass is 10.1. The number of carbonyl (C=O) groups is 1. The molecule has 5 nitrogen and oxygen atoms in total. The van der Waals surface area contributed by atoms with Crippen molar-refractivity contribution in [2.75, 3.05) is 20.1 Å². The fourth-order valence-electron chi connectivity index (χ4n) is 2.36. The Morgan fingerprint density at radius 3 is 2.31 bits per heavy atom. The van der Waals surface area contributed by atoms with E-state index < -0.39 is 10.0 Å². The van der Waals surface area contributed by atoms with E-state index in [-0.39, 0.29) is 36.1 Å². The number of amides is 1. The largest absolute Gasteiger partial charge is 0.355 e. The second-order valence-electron chi connectivity index (χ2n) is 6.12. The maximum absolute atomic E-state index is 12.8. The fraction of sp³-hybridized carbons (Fsp3) is 0.316. The number of hydrogen-bond acceptors (Lipinski definition) is 3. The smallest absolute Gasteiger partial charge is 0.242 e. The van der Waals surface area contributed by atoms with Gasteiger partial charge in [-0.2, -0.15) is 4.31 Å². The first-order chi connectivity index (χ1) is 12.3. The summed E-state index contributed by atoms with van der Waals surface area (Å²) in [6, 6.07) is 12.6. The summed E-state index contributed by atoms with van der Waals surface area (Å²) in [5.74, 6) is -0.480. The Kier molecular flexibility index (Phi) is 6.88. The number of hydrogen-bond donors (Lipinski definition) is 1. The van der Waals surface area contributed by atoms with Crippen LogP contribution in [0.15, 0.2) is 53.4 Å². The van der Waals surface area contributed by atoms with E-state index in [4.69, 9.17) is 0 Å². The lowest BCUT2D eigenvalue weighted by Crippen LogP contribution is -2.36. The predicted octanol–water partition coefficient (Wildman–Crippen LogP) is 2.50. The number of sulfonamides is 1. The average Bonchev–Trinajstić information content (AvgIpc) is 2.61. The third kappa shape index (κ3) is 5.64. The second-order valence-corrected chi connectivity index (χ2v) is 8.16. The molecule has 0 fully saturated rings. The van der Waals surface area contributed by atoms with Crippen LogP contribution in [0.3, 0.4) is 0 Å². The van der Waals surface area contributed by atoms with E-state index in [0.29, 0.717) is 6.42 Å². The molecule has 0 radical (unpaired) electrons. The van der Waals surface area contributed by atoms with Crippen molar-refractivity contribution in [3.8, 4) is 0 Å². The number of rotatable bonds is 8. The highest BCUT2D eigenvalue weighted by atomic mass is 32.2. The number of benzene rings is 2. The van der Waals surface area contributed by atoms with Gasteiger partial charge in [0.2, 0.25) is 15.9 Å². The van der Waals surface area contributed by atoms with Gasteiger partial charge >= 0.3 is 0 Å². The van der Waals surface area contributed by atoms with Crippen LogP contribution in [0.5, 0.6) is 0 Å². The molecule has 26 heavy (non-hydrogen) atoms. The minimum atomic E-state index is -3.57. The molecule has 0 unspecified atom stereocenters. The van der Waals surface area contributed by atoms with Gasteiger partial charge in [0.15, 0.2) is 0 Å². The zero-order valence-corrected chi connectivity index (χ0v) is 15.7. The maximum atomic E-state index is 12.8. The Morgan fingerprint density at radius 2 is 1.69 bits per heavy atom. The topological polar surface area (TPSA) is 66.5 Å². The Balaban J connectivity index is 1.78. The Labute approximate surface area is 153 Å². The molecule has 1 N–H and O–H groups in total. The molecule has 0 heterocycles. The molecule has 1 amide bonds. The molecule has 0 atom stereocenters. The number of carbonyl (C=O) groups excluding carboxylic acids is 1. The van der Waals surface area contributed by atoms with Crippen molar-refractivity contribution in [1.82, 2.24) is 9.62 Å². The van der Waals surface area contributed by atoms with Crippen molar-refractivity contribution in [1.29, 1.82) is 0 Å². The van der Waals surface area contributed by atoms with Gasteiger partial charge < -0.3 is 5.32 Å².